The molecule has 23 heavy (non-hydrogen) atoms. The fraction of sp³-hybridized carbons (Fsp3) is 0.588. The summed E-state index contributed by atoms with van der Waals surface area (Å²) in [6, 6.07) is 5.00. The van der Waals surface area contributed by atoms with Crippen molar-refractivity contribution in [1.82, 2.24) is 4.31 Å². The number of nitrogens with zero attached hydrogens (tertiary/aromatic N) is 1. The Hall–Kier alpha value is -1.40. The molecule has 1 saturated heterocycles. The molecule has 1 aromatic rings. The lowest BCUT2D eigenvalue weighted by Gasteiger charge is -2.26. The molecule has 0 unspecified atom stereocenters. The van der Waals surface area contributed by atoms with Crippen LogP contribution >= 0.6 is 0 Å². The first-order valence-electron chi connectivity index (χ1n) is 8.31. The standard InChI is InChI=1S/C17H24N2O3S/c1-12-6-7-14(23(21,22)19-8-4-3-5-9-19)11-16(12)18-17(20)15-10-13(15)2/h6-7,11,13,15H,3-5,8-10H2,1-2H3,(H,18,20)/t13-,15-/m0/s1. The zero-order chi connectivity index (χ0) is 16.6. The molecular weight excluding hydrogens is 312 g/mol. The van der Waals surface area contributed by atoms with Crippen molar-refractivity contribution < 1.29 is 13.2 Å². The summed E-state index contributed by atoms with van der Waals surface area (Å²) in [7, 11) is -3.47. The minimum atomic E-state index is -3.47. The summed E-state index contributed by atoms with van der Waals surface area (Å²) in [6.07, 6.45) is 3.82. The minimum absolute atomic E-state index is 0.00637. The lowest BCUT2D eigenvalue weighted by Crippen LogP contribution is -2.35. The number of carbonyl (C=O) groups is 1. The van der Waals surface area contributed by atoms with Crippen LogP contribution in [0.3, 0.4) is 0 Å². The zero-order valence-corrected chi connectivity index (χ0v) is 14.5. The van der Waals surface area contributed by atoms with Crippen LogP contribution in [0.5, 0.6) is 0 Å². The van der Waals surface area contributed by atoms with Crippen LogP contribution in [0, 0.1) is 18.8 Å². The Morgan fingerprint density at radius 2 is 1.87 bits per heavy atom. The number of sulfonamides is 1. The molecule has 1 heterocycles. The first kappa shape index (κ1) is 16.5. The van der Waals surface area contributed by atoms with E-state index < -0.39 is 10.0 Å². The number of anilines is 1. The highest BCUT2D eigenvalue weighted by Gasteiger charge is 2.39. The average molecular weight is 336 g/mol. The predicted molar refractivity (Wildman–Crippen MR) is 89.7 cm³/mol. The molecule has 0 aromatic heterocycles. The quantitative estimate of drug-likeness (QED) is 0.919. The van der Waals surface area contributed by atoms with Gasteiger partial charge in [0.2, 0.25) is 15.9 Å². The second-order valence-corrected chi connectivity index (χ2v) is 8.69. The van der Waals surface area contributed by atoms with Crippen LogP contribution in [-0.4, -0.2) is 31.7 Å². The van der Waals surface area contributed by atoms with Crippen LogP contribution in [0.1, 0.15) is 38.2 Å². The Morgan fingerprint density at radius 3 is 2.48 bits per heavy atom. The summed E-state index contributed by atoms with van der Waals surface area (Å²) in [5.74, 6) is 0.487. The number of carbonyl (C=O) groups excluding carboxylic acids is 1. The van der Waals surface area contributed by atoms with Gasteiger partial charge in [0.15, 0.2) is 0 Å². The van der Waals surface area contributed by atoms with E-state index in [-0.39, 0.29) is 16.7 Å². The lowest BCUT2D eigenvalue weighted by molar-refractivity contribution is -0.117. The van der Waals surface area contributed by atoms with Gasteiger partial charge in [0.1, 0.15) is 0 Å². The molecule has 2 aliphatic rings. The van der Waals surface area contributed by atoms with Gasteiger partial charge in [-0.15, -0.1) is 0 Å². The molecule has 5 nitrogen and oxygen atoms in total. The van der Waals surface area contributed by atoms with Gasteiger partial charge in [-0.05, 0) is 49.8 Å². The molecule has 126 valence electrons. The van der Waals surface area contributed by atoms with Gasteiger partial charge >= 0.3 is 0 Å². The van der Waals surface area contributed by atoms with Gasteiger partial charge in [0.25, 0.3) is 0 Å². The van der Waals surface area contributed by atoms with Crippen molar-refractivity contribution in [1.29, 1.82) is 0 Å². The summed E-state index contributed by atoms with van der Waals surface area (Å²) in [6.45, 7) is 5.09. The topological polar surface area (TPSA) is 66.5 Å². The molecule has 0 radical (unpaired) electrons. The van der Waals surface area contributed by atoms with Crippen molar-refractivity contribution in [3.05, 3.63) is 23.8 Å². The first-order valence-corrected chi connectivity index (χ1v) is 9.75. The van der Waals surface area contributed by atoms with Gasteiger partial charge in [-0.2, -0.15) is 4.31 Å². The third-order valence-electron chi connectivity index (χ3n) is 4.87. The molecule has 3 rings (SSSR count). The predicted octanol–water partition coefficient (Wildman–Crippen LogP) is 2.76. The van der Waals surface area contributed by atoms with Crippen molar-refractivity contribution in [2.75, 3.05) is 18.4 Å². The van der Waals surface area contributed by atoms with Gasteiger partial charge < -0.3 is 5.32 Å². The molecule has 1 amide bonds. The second kappa shape index (κ2) is 6.24. The number of amides is 1. The normalized spacial score (nSPS) is 25.1. The summed E-state index contributed by atoms with van der Waals surface area (Å²) in [4.78, 5) is 12.4. The van der Waals surface area contributed by atoms with Crippen LogP contribution in [0.25, 0.3) is 0 Å². The number of hydrogen-bond donors (Lipinski definition) is 1. The summed E-state index contributed by atoms with van der Waals surface area (Å²) in [5.41, 5.74) is 1.48. The zero-order valence-electron chi connectivity index (χ0n) is 13.7. The SMILES string of the molecule is Cc1ccc(S(=O)(=O)N2CCCCC2)cc1NC(=O)[C@H]1C[C@@H]1C. The Balaban J connectivity index is 1.83. The van der Waals surface area contributed by atoms with Gasteiger partial charge in [0.05, 0.1) is 4.90 Å². The Morgan fingerprint density at radius 1 is 1.22 bits per heavy atom. The van der Waals surface area contributed by atoms with E-state index in [9.17, 15) is 13.2 Å². The summed E-state index contributed by atoms with van der Waals surface area (Å²) >= 11 is 0. The van der Waals surface area contributed by atoms with E-state index >= 15 is 0 Å². The van der Waals surface area contributed by atoms with E-state index in [0.717, 1.165) is 31.2 Å². The van der Waals surface area contributed by atoms with Crippen LogP contribution in [0.15, 0.2) is 23.1 Å². The monoisotopic (exact) mass is 336 g/mol. The Labute approximate surface area is 138 Å². The van der Waals surface area contributed by atoms with Crippen LogP contribution in [0.4, 0.5) is 5.69 Å². The average Bonchev–Trinajstić information content (AvgIpc) is 3.27. The van der Waals surface area contributed by atoms with Crippen molar-refractivity contribution in [3.63, 3.8) is 0 Å². The number of piperidine rings is 1. The molecule has 2 atom stereocenters. The number of nitrogens with one attached hydrogen (secondary N) is 1. The van der Waals surface area contributed by atoms with Crippen LogP contribution < -0.4 is 5.32 Å². The van der Waals surface area contributed by atoms with E-state index in [1.165, 1.54) is 0 Å². The van der Waals surface area contributed by atoms with Gasteiger partial charge in [0, 0.05) is 24.7 Å². The van der Waals surface area contributed by atoms with Crippen molar-refractivity contribution in [2.45, 2.75) is 44.4 Å². The summed E-state index contributed by atoms with van der Waals surface area (Å²) < 4.78 is 27.0. The molecule has 1 N–H and O–H groups in total. The fourth-order valence-corrected chi connectivity index (χ4v) is 4.61. The molecule has 1 aromatic carbocycles. The number of benzene rings is 1. The molecular formula is C17H24N2O3S. The maximum Gasteiger partial charge on any atom is 0.243 e. The molecule has 6 heteroatoms. The molecule has 1 aliphatic carbocycles. The third kappa shape index (κ3) is 3.43. The van der Waals surface area contributed by atoms with Crippen LogP contribution in [-0.2, 0) is 14.8 Å². The van der Waals surface area contributed by atoms with Gasteiger partial charge in [-0.25, -0.2) is 8.42 Å². The highest BCUT2D eigenvalue weighted by atomic mass is 32.2. The molecule has 1 aliphatic heterocycles. The maximum absolute atomic E-state index is 12.7. The number of aryl methyl sites for hydroxylation is 1. The van der Waals surface area contributed by atoms with Crippen molar-refractivity contribution >= 4 is 21.6 Å². The maximum atomic E-state index is 12.7. The first-order chi connectivity index (χ1) is 10.9. The molecule has 2 fully saturated rings. The summed E-state index contributed by atoms with van der Waals surface area (Å²) in [5, 5.41) is 2.90. The number of rotatable bonds is 4. The van der Waals surface area contributed by atoms with E-state index in [0.29, 0.717) is 24.7 Å². The highest BCUT2D eigenvalue weighted by molar-refractivity contribution is 7.89. The van der Waals surface area contributed by atoms with E-state index in [1.54, 1.807) is 22.5 Å². The Kier molecular flexibility index (Phi) is 4.47. The molecule has 0 bridgehead atoms. The lowest BCUT2D eigenvalue weighted by atomic mass is 10.2. The largest absolute Gasteiger partial charge is 0.326 e. The number of hydrogen-bond acceptors (Lipinski definition) is 3. The third-order valence-corrected chi connectivity index (χ3v) is 6.76. The smallest absolute Gasteiger partial charge is 0.243 e. The molecule has 1 saturated carbocycles. The van der Waals surface area contributed by atoms with Crippen molar-refractivity contribution in [2.24, 2.45) is 11.8 Å². The van der Waals surface area contributed by atoms with Crippen LogP contribution in [0.2, 0.25) is 0 Å². The van der Waals surface area contributed by atoms with E-state index in [2.05, 4.69) is 5.32 Å². The molecule has 0 spiro atoms. The van der Waals surface area contributed by atoms with Gasteiger partial charge in [-0.3, -0.25) is 4.79 Å². The second-order valence-electron chi connectivity index (χ2n) is 6.75. The highest BCUT2D eigenvalue weighted by Crippen LogP contribution is 2.38. The minimum Gasteiger partial charge on any atom is -0.326 e. The van der Waals surface area contributed by atoms with E-state index in [1.807, 2.05) is 13.8 Å². The Bertz CT molecular complexity index is 709. The van der Waals surface area contributed by atoms with Gasteiger partial charge in [-0.1, -0.05) is 19.4 Å². The van der Waals surface area contributed by atoms with Crippen molar-refractivity contribution in [3.8, 4) is 0 Å². The fourth-order valence-electron chi connectivity index (χ4n) is 3.06. The van der Waals surface area contributed by atoms with E-state index in [4.69, 9.17) is 0 Å².